The van der Waals surface area contributed by atoms with E-state index in [1.165, 1.54) is 0 Å². The second kappa shape index (κ2) is 6.77. The van der Waals surface area contributed by atoms with Gasteiger partial charge in [0, 0.05) is 18.6 Å². The van der Waals surface area contributed by atoms with Crippen LogP contribution in [0.3, 0.4) is 0 Å². The van der Waals surface area contributed by atoms with Crippen molar-refractivity contribution in [3.8, 4) is 5.75 Å². The van der Waals surface area contributed by atoms with Crippen LogP contribution in [0.25, 0.3) is 0 Å². The van der Waals surface area contributed by atoms with Crippen molar-refractivity contribution < 1.29 is 13.2 Å². The molecule has 0 aliphatic carbocycles. The Bertz CT molecular complexity index is 572. The Hall–Kier alpha value is -1.11. The van der Waals surface area contributed by atoms with Crippen molar-refractivity contribution in [2.45, 2.75) is 18.5 Å². The highest BCUT2D eigenvalue weighted by molar-refractivity contribution is 7.91. The molecule has 1 aromatic rings. The van der Waals surface area contributed by atoms with Gasteiger partial charge in [0.2, 0.25) is 0 Å². The molecule has 0 spiro atoms. The van der Waals surface area contributed by atoms with E-state index < -0.39 is 9.84 Å². The Morgan fingerprint density at radius 3 is 2.76 bits per heavy atom. The average molecular weight is 312 g/mol. The molecular formula is C15H24N2O3S. The first-order valence-electron chi connectivity index (χ1n) is 7.15. The summed E-state index contributed by atoms with van der Waals surface area (Å²) in [7, 11) is 2.87. The van der Waals surface area contributed by atoms with E-state index >= 15 is 0 Å². The number of benzene rings is 1. The smallest absolute Gasteiger partial charge is 0.151 e. The molecule has 6 heteroatoms. The minimum Gasteiger partial charge on any atom is -0.497 e. The largest absolute Gasteiger partial charge is 0.497 e. The van der Waals surface area contributed by atoms with Crippen molar-refractivity contribution in [3.63, 3.8) is 0 Å². The molecule has 21 heavy (non-hydrogen) atoms. The van der Waals surface area contributed by atoms with Crippen molar-refractivity contribution in [1.82, 2.24) is 10.2 Å². The predicted octanol–water partition coefficient (Wildman–Crippen LogP) is 1.07. The SMILES string of the molecule is COc1cccc(C(CNC2CCS(=O)(=O)C2)N(C)C)c1. The van der Waals surface area contributed by atoms with Crippen molar-refractivity contribution in [2.24, 2.45) is 0 Å². The Kier molecular flexibility index (Phi) is 5.24. The maximum absolute atomic E-state index is 11.5. The number of nitrogens with zero attached hydrogens (tertiary/aromatic N) is 1. The van der Waals surface area contributed by atoms with Gasteiger partial charge in [-0.2, -0.15) is 0 Å². The predicted molar refractivity (Wildman–Crippen MR) is 84.5 cm³/mol. The molecule has 118 valence electrons. The highest BCUT2D eigenvalue weighted by atomic mass is 32.2. The lowest BCUT2D eigenvalue weighted by atomic mass is 10.1. The monoisotopic (exact) mass is 312 g/mol. The summed E-state index contributed by atoms with van der Waals surface area (Å²) in [5.41, 5.74) is 1.16. The fraction of sp³-hybridized carbons (Fsp3) is 0.600. The van der Waals surface area contributed by atoms with Gasteiger partial charge in [-0.05, 0) is 38.2 Å². The summed E-state index contributed by atoms with van der Waals surface area (Å²) in [6, 6.07) is 8.25. The van der Waals surface area contributed by atoms with Gasteiger partial charge in [0.1, 0.15) is 5.75 Å². The number of nitrogens with one attached hydrogen (secondary N) is 1. The van der Waals surface area contributed by atoms with E-state index in [0.29, 0.717) is 12.2 Å². The standard InChI is InChI=1S/C15H24N2O3S/c1-17(2)15(12-5-4-6-14(9-12)20-3)10-16-13-7-8-21(18,19)11-13/h4-6,9,13,15-16H,7-8,10-11H2,1-3H3. The van der Waals surface area contributed by atoms with E-state index in [2.05, 4.69) is 16.3 Å². The van der Waals surface area contributed by atoms with Gasteiger partial charge < -0.3 is 15.0 Å². The fourth-order valence-electron chi connectivity index (χ4n) is 2.68. The van der Waals surface area contributed by atoms with Gasteiger partial charge in [-0.15, -0.1) is 0 Å². The lowest BCUT2D eigenvalue weighted by Gasteiger charge is -2.27. The minimum absolute atomic E-state index is 0.0723. The van der Waals surface area contributed by atoms with Gasteiger partial charge in [-0.3, -0.25) is 0 Å². The first-order valence-corrected chi connectivity index (χ1v) is 8.97. The summed E-state index contributed by atoms with van der Waals surface area (Å²) >= 11 is 0. The van der Waals surface area contributed by atoms with Gasteiger partial charge in [-0.1, -0.05) is 12.1 Å². The summed E-state index contributed by atoms with van der Waals surface area (Å²) in [4.78, 5) is 2.13. The molecule has 0 amide bonds. The third-order valence-electron chi connectivity index (χ3n) is 3.93. The first-order chi connectivity index (χ1) is 9.91. The topological polar surface area (TPSA) is 58.6 Å². The zero-order valence-corrected chi connectivity index (χ0v) is 13.7. The Balaban J connectivity index is 2.02. The molecule has 1 aliphatic heterocycles. The Morgan fingerprint density at radius 2 is 2.19 bits per heavy atom. The van der Waals surface area contributed by atoms with Crippen molar-refractivity contribution in [1.29, 1.82) is 0 Å². The fourth-order valence-corrected chi connectivity index (χ4v) is 4.39. The number of methoxy groups -OCH3 is 1. The first kappa shape index (κ1) is 16.3. The van der Waals surface area contributed by atoms with Gasteiger partial charge in [-0.25, -0.2) is 8.42 Å². The summed E-state index contributed by atoms with van der Waals surface area (Å²) < 4.78 is 28.3. The molecule has 0 bridgehead atoms. The van der Waals surface area contributed by atoms with E-state index in [1.807, 2.05) is 32.3 Å². The van der Waals surface area contributed by atoms with Crippen LogP contribution in [0.15, 0.2) is 24.3 Å². The van der Waals surface area contributed by atoms with Crippen LogP contribution in [-0.2, 0) is 9.84 Å². The van der Waals surface area contributed by atoms with Gasteiger partial charge in [0.25, 0.3) is 0 Å². The van der Waals surface area contributed by atoms with E-state index in [-0.39, 0.29) is 17.8 Å². The van der Waals surface area contributed by atoms with Gasteiger partial charge >= 0.3 is 0 Å². The molecular weight excluding hydrogens is 288 g/mol. The van der Waals surface area contributed by atoms with E-state index in [0.717, 1.165) is 17.9 Å². The molecule has 2 unspecified atom stereocenters. The van der Waals surface area contributed by atoms with Crippen LogP contribution in [0.1, 0.15) is 18.0 Å². The summed E-state index contributed by atoms with van der Waals surface area (Å²) in [5.74, 6) is 1.39. The normalized spacial score (nSPS) is 22.4. The van der Waals surface area contributed by atoms with Gasteiger partial charge in [0.15, 0.2) is 9.84 Å². The maximum Gasteiger partial charge on any atom is 0.151 e. The third kappa shape index (κ3) is 4.43. The molecule has 1 aromatic carbocycles. The minimum atomic E-state index is -2.84. The second-order valence-corrected chi connectivity index (χ2v) is 7.99. The molecule has 1 heterocycles. The molecule has 0 radical (unpaired) electrons. The average Bonchev–Trinajstić information content (AvgIpc) is 2.78. The molecule has 0 saturated carbocycles. The number of likely N-dealkylation sites (N-methyl/N-ethyl adjacent to an activating group) is 1. The molecule has 0 aromatic heterocycles. The summed E-state index contributed by atoms with van der Waals surface area (Å²) in [6.45, 7) is 0.723. The molecule has 1 saturated heterocycles. The molecule has 1 fully saturated rings. The lowest BCUT2D eigenvalue weighted by molar-refractivity contribution is 0.281. The lowest BCUT2D eigenvalue weighted by Crippen LogP contribution is -2.37. The summed E-state index contributed by atoms with van der Waals surface area (Å²) in [5, 5.41) is 3.39. The molecule has 5 nitrogen and oxygen atoms in total. The van der Waals surface area contributed by atoms with Crippen molar-refractivity contribution >= 4 is 9.84 Å². The van der Waals surface area contributed by atoms with Crippen LogP contribution in [-0.4, -0.2) is 58.6 Å². The van der Waals surface area contributed by atoms with Crippen molar-refractivity contribution in [2.75, 3.05) is 39.3 Å². The quantitative estimate of drug-likeness (QED) is 0.851. The molecule has 1 N–H and O–H groups in total. The Morgan fingerprint density at radius 1 is 1.43 bits per heavy atom. The van der Waals surface area contributed by atoms with E-state index in [1.54, 1.807) is 7.11 Å². The zero-order valence-electron chi connectivity index (χ0n) is 12.9. The number of hydrogen-bond donors (Lipinski definition) is 1. The van der Waals surface area contributed by atoms with Crippen LogP contribution >= 0.6 is 0 Å². The van der Waals surface area contributed by atoms with Crippen LogP contribution in [0.4, 0.5) is 0 Å². The molecule has 2 atom stereocenters. The Labute approximate surface area is 127 Å². The molecule has 2 rings (SSSR count). The van der Waals surface area contributed by atoms with Crippen LogP contribution in [0.2, 0.25) is 0 Å². The van der Waals surface area contributed by atoms with E-state index in [4.69, 9.17) is 4.74 Å². The number of rotatable bonds is 6. The van der Waals surface area contributed by atoms with E-state index in [9.17, 15) is 8.42 Å². The highest BCUT2D eigenvalue weighted by Crippen LogP contribution is 2.22. The van der Waals surface area contributed by atoms with Crippen LogP contribution < -0.4 is 10.1 Å². The second-order valence-electron chi connectivity index (χ2n) is 5.76. The van der Waals surface area contributed by atoms with Crippen molar-refractivity contribution in [3.05, 3.63) is 29.8 Å². The number of sulfone groups is 1. The maximum atomic E-state index is 11.5. The highest BCUT2D eigenvalue weighted by Gasteiger charge is 2.28. The number of ether oxygens (including phenoxy) is 1. The summed E-state index contributed by atoms with van der Waals surface area (Å²) in [6.07, 6.45) is 0.709. The zero-order chi connectivity index (χ0) is 15.5. The van der Waals surface area contributed by atoms with Crippen LogP contribution in [0.5, 0.6) is 5.75 Å². The number of hydrogen-bond acceptors (Lipinski definition) is 5. The van der Waals surface area contributed by atoms with Crippen LogP contribution in [0, 0.1) is 0 Å². The third-order valence-corrected chi connectivity index (χ3v) is 5.70. The van der Waals surface area contributed by atoms with Gasteiger partial charge in [0.05, 0.1) is 18.6 Å². The molecule has 1 aliphatic rings.